The molecular formula is C20H27FN4O3. The summed E-state index contributed by atoms with van der Waals surface area (Å²) in [5.74, 6) is -0.327. The van der Waals surface area contributed by atoms with Crippen molar-refractivity contribution >= 4 is 17.5 Å². The van der Waals surface area contributed by atoms with Gasteiger partial charge in [-0.15, -0.1) is 0 Å². The lowest BCUT2D eigenvalue weighted by Gasteiger charge is -2.35. The molecule has 1 atom stereocenters. The molecule has 2 aliphatic heterocycles. The van der Waals surface area contributed by atoms with Gasteiger partial charge in [0.1, 0.15) is 5.82 Å². The van der Waals surface area contributed by atoms with Crippen LogP contribution in [0.1, 0.15) is 25.8 Å². The van der Waals surface area contributed by atoms with E-state index in [1.54, 1.807) is 17.0 Å². The zero-order valence-electron chi connectivity index (χ0n) is 16.4. The Morgan fingerprint density at radius 2 is 1.93 bits per heavy atom. The summed E-state index contributed by atoms with van der Waals surface area (Å²) in [6, 6.07) is 6.12. The lowest BCUT2D eigenvalue weighted by molar-refractivity contribution is -0.144. The maximum atomic E-state index is 13.4. The minimum absolute atomic E-state index is 0.107. The van der Waals surface area contributed by atoms with Gasteiger partial charge in [-0.1, -0.05) is 17.3 Å². The lowest BCUT2D eigenvalue weighted by atomic mass is 10.0. The summed E-state index contributed by atoms with van der Waals surface area (Å²) in [6.07, 6.45) is -0.328. The van der Waals surface area contributed by atoms with Crippen LogP contribution in [0.5, 0.6) is 0 Å². The fourth-order valence-corrected chi connectivity index (χ4v) is 3.55. The summed E-state index contributed by atoms with van der Waals surface area (Å²) in [6.45, 7) is 8.17. The Balaban J connectivity index is 1.48. The first-order chi connectivity index (χ1) is 13.5. The average Bonchev–Trinajstić information content (AvgIpc) is 3.19. The summed E-state index contributed by atoms with van der Waals surface area (Å²) in [7, 11) is 0. The molecule has 0 bridgehead atoms. The minimum Gasteiger partial charge on any atom is -0.382 e. The van der Waals surface area contributed by atoms with Gasteiger partial charge in [0, 0.05) is 51.3 Å². The fourth-order valence-electron chi connectivity index (χ4n) is 3.55. The minimum atomic E-state index is -0.665. The van der Waals surface area contributed by atoms with Crippen molar-refractivity contribution in [2.45, 2.75) is 26.4 Å². The van der Waals surface area contributed by atoms with Crippen molar-refractivity contribution in [2.24, 2.45) is 5.16 Å². The van der Waals surface area contributed by atoms with Crippen molar-refractivity contribution in [3.63, 3.8) is 0 Å². The van der Waals surface area contributed by atoms with Crippen LogP contribution < -0.4 is 0 Å². The van der Waals surface area contributed by atoms with Crippen LogP contribution in [0.3, 0.4) is 0 Å². The Labute approximate surface area is 164 Å². The van der Waals surface area contributed by atoms with E-state index in [2.05, 4.69) is 10.1 Å². The standard InChI is InChI=1S/C20H27FN4O3/c1-3-24(4-2)19(26)14-23-8-10-25(11-9-23)20(27)18-13-17(22-28-18)15-6-5-7-16(21)12-15/h5-7,12,18H,3-4,8-11,13-14H2,1-2H3. The lowest BCUT2D eigenvalue weighted by Crippen LogP contribution is -2.53. The number of carbonyl (C=O) groups is 2. The predicted octanol–water partition coefficient (Wildman–Crippen LogP) is 1.33. The van der Waals surface area contributed by atoms with Crippen LogP contribution in [0.25, 0.3) is 0 Å². The molecule has 1 unspecified atom stereocenters. The van der Waals surface area contributed by atoms with Crippen molar-refractivity contribution in [1.82, 2.24) is 14.7 Å². The van der Waals surface area contributed by atoms with Gasteiger partial charge in [-0.2, -0.15) is 0 Å². The van der Waals surface area contributed by atoms with Crippen molar-refractivity contribution in [3.8, 4) is 0 Å². The molecule has 0 saturated carbocycles. The Morgan fingerprint density at radius 3 is 2.57 bits per heavy atom. The number of likely N-dealkylation sites (N-methyl/N-ethyl adjacent to an activating group) is 1. The first-order valence-electron chi connectivity index (χ1n) is 9.79. The average molecular weight is 390 g/mol. The molecule has 0 aliphatic carbocycles. The maximum absolute atomic E-state index is 13.4. The number of rotatable bonds is 6. The Hall–Kier alpha value is -2.48. The van der Waals surface area contributed by atoms with Crippen LogP contribution in [0.4, 0.5) is 4.39 Å². The van der Waals surface area contributed by atoms with Gasteiger partial charge in [0.15, 0.2) is 0 Å². The van der Waals surface area contributed by atoms with Crippen LogP contribution in [0.15, 0.2) is 29.4 Å². The van der Waals surface area contributed by atoms with Crippen LogP contribution in [0, 0.1) is 5.82 Å². The monoisotopic (exact) mass is 390 g/mol. The number of hydrogen-bond acceptors (Lipinski definition) is 5. The van der Waals surface area contributed by atoms with E-state index in [1.165, 1.54) is 12.1 Å². The molecule has 28 heavy (non-hydrogen) atoms. The summed E-state index contributed by atoms with van der Waals surface area (Å²) < 4.78 is 13.4. The van der Waals surface area contributed by atoms with Crippen molar-refractivity contribution in [3.05, 3.63) is 35.6 Å². The van der Waals surface area contributed by atoms with E-state index in [1.807, 2.05) is 18.7 Å². The normalized spacial score (nSPS) is 19.9. The van der Waals surface area contributed by atoms with Gasteiger partial charge in [-0.05, 0) is 26.0 Å². The smallest absolute Gasteiger partial charge is 0.266 e. The Bertz CT molecular complexity index is 743. The number of hydrogen-bond donors (Lipinski definition) is 0. The van der Waals surface area contributed by atoms with Crippen LogP contribution in [-0.2, 0) is 14.4 Å². The molecule has 8 heteroatoms. The first-order valence-corrected chi connectivity index (χ1v) is 9.79. The number of halogens is 1. The molecule has 2 aliphatic rings. The molecule has 1 saturated heterocycles. The number of piperazine rings is 1. The molecule has 1 aromatic rings. The molecule has 0 aromatic heterocycles. The van der Waals surface area contributed by atoms with Gasteiger partial charge < -0.3 is 14.6 Å². The summed E-state index contributed by atoms with van der Waals surface area (Å²) in [5.41, 5.74) is 1.22. The molecule has 0 spiro atoms. The van der Waals surface area contributed by atoms with Crippen LogP contribution in [-0.4, -0.2) is 84.1 Å². The molecule has 2 heterocycles. The van der Waals surface area contributed by atoms with Crippen LogP contribution in [0.2, 0.25) is 0 Å². The Morgan fingerprint density at radius 1 is 1.21 bits per heavy atom. The highest BCUT2D eigenvalue weighted by molar-refractivity contribution is 6.04. The summed E-state index contributed by atoms with van der Waals surface area (Å²) >= 11 is 0. The maximum Gasteiger partial charge on any atom is 0.266 e. The zero-order chi connectivity index (χ0) is 20.1. The van der Waals surface area contributed by atoms with Gasteiger partial charge in [-0.3, -0.25) is 14.5 Å². The third kappa shape index (κ3) is 4.67. The second-order valence-corrected chi connectivity index (χ2v) is 7.01. The topological polar surface area (TPSA) is 65.5 Å². The van der Waals surface area contributed by atoms with Crippen molar-refractivity contribution in [2.75, 3.05) is 45.8 Å². The van der Waals surface area contributed by atoms with E-state index in [0.29, 0.717) is 63.5 Å². The van der Waals surface area contributed by atoms with Crippen LogP contribution >= 0.6 is 0 Å². The molecule has 0 N–H and O–H groups in total. The number of oxime groups is 1. The second-order valence-electron chi connectivity index (χ2n) is 7.01. The molecular weight excluding hydrogens is 363 g/mol. The highest BCUT2D eigenvalue weighted by Crippen LogP contribution is 2.20. The highest BCUT2D eigenvalue weighted by atomic mass is 19.1. The largest absolute Gasteiger partial charge is 0.382 e. The number of amides is 2. The SMILES string of the molecule is CCN(CC)C(=O)CN1CCN(C(=O)C2CC(c3cccc(F)c3)=NO2)CC1. The van der Waals surface area contributed by atoms with Crippen molar-refractivity contribution in [1.29, 1.82) is 0 Å². The van der Waals surface area contributed by atoms with E-state index >= 15 is 0 Å². The zero-order valence-corrected chi connectivity index (χ0v) is 16.4. The highest BCUT2D eigenvalue weighted by Gasteiger charge is 2.34. The molecule has 3 rings (SSSR count). The summed E-state index contributed by atoms with van der Waals surface area (Å²) in [5, 5.41) is 3.98. The third-order valence-electron chi connectivity index (χ3n) is 5.26. The fraction of sp³-hybridized carbons (Fsp3) is 0.550. The number of nitrogens with zero attached hydrogens (tertiary/aromatic N) is 4. The quantitative estimate of drug-likeness (QED) is 0.735. The predicted molar refractivity (Wildman–Crippen MR) is 103 cm³/mol. The van der Waals surface area contributed by atoms with E-state index in [-0.39, 0.29) is 17.6 Å². The molecule has 2 amide bonds. The van der Waals surface area contributed by atoms with Gasteiger partial charge in [0.2, 0.25) is 12.0 Å². The number of benzene rings is 1. The molecule has 0 radical (unpaired) electrons. The molecule has 1 aromatic carbocycles. The van der Waals surface area contributed by atoms with Gasteiger partial charge in [0.05, 0.1) is 12.3 Å². The van der Waals surface area contributed by atoms with Gasteiger partial charge in [0.25, 0.3) is 5.91 Å². The second kappa shape index (κ2) is 9.14. The van der Waals surface area contributed by atoms with E-state index in [9.17, 15) is 14.0 Å². The van der Waals surface area contributed by atoms with E-state index < -0.39 is 6.10 Å². The molecule has 152 valence electrons. The molecule has 1 fully saturated rings. The molecule has 7 nitrogen and oxygen atoms in total. The first kappa shape index (κ1) is 20.3. The third-order valence-corrected chi connectivity index (χ3v) is 5.26. The van der Waals surface area contributed by atoms with E-state index in [0.717, 1.165) is 0 Å². The van der Waals surface area contributed by atoms with Crippen molar-refractivity contribution < 1.29 is 18.8 Å². The van der Waals surface area contributed by atoms with Gasteiger partial charge >= 0.3 is 0 Å². The Kier molecular flexibility index (Phi) is 6.61. The van der Waals surface area contributed by atoms with Gasteiger partial charge in [-0.25, -0.2) is 4.39 Å². The summed E-state index contributed by atoms with van der Waals surface area (Å²) in [4.78, 5) is 35.9. The number of carbonyl (C=O) groups excluding carboxylic acids is 2. The van der Waals surface area contributed by atoms with E-state index in [4.69, 9.17) is 4.84 Å².